The molecule has 1 N–H and O–H groups in total. The van der Waals surface area contributed by atoms with Crippen LogP contribution in [0.2, 0.25) is 0 Å². The summed E-state index contributed by atoms with van der Waals surface area (Å²) in [6.07, 6.45) is 3.25. The minimum absolute atomic E-state index is 0.646. The summed E-state index contributed by atoms with van der Waals surface area (Å²) in [4.78, 5) is 4.21. The molecule has 0 spiro atoms. The summed E-state index contributed by atoms with van der Waals surface area (Å²) >= 11 is 0. The third-order valence-corrected chi connectivity index (χ3v) is 3.21. The van der Waals surface area contributed by atoms with Gasteiger partial charge in [0.05, 0.1) is 6.61 Å². The van der Waals surface area contributed by atoms with Crippen molar-refractivity contribution < 1.29 is 9.84 Å². The standard InChI is InChI=1S/C17H21NO2/c1-3-4-11-20-16-9-7-14(8-10-16)17(19)15-6-5-13(2)18-12-15/h5-10,12,17,19H,3-4,11H2,1-2H3. The largest absolute Gasteiger partial charge is 0.494 e. The molecule has 0 aliphatic carbocycles. The average Bonchev–Trinajstić information content (AvgIpc) is 2.48. The van der Waals surface area contributed by atoms with Crippen LogP contribution in [0.3, 0.4) is 0 Å². The zero-order valence-corrected chi connectivity index (χ0v) is 12.0. The topological polar surface area (TPSA) is 42.4 Å². The van der Waals surface area contributed by atoms with Crippen molar-refractivity contribution in [3.05, 3.63) is 59.4 Å². The fourth-order valence-electron chi connectivity index (χ4n) is 1.91. The number of pyridine rings is 1. The molecule has 2 aromatic rings. The normalized spacial score (nSPS) is 12.2. The van der Waals surface area contributed by atoms with E-state index in [-0.39, 0.29) is 0 Å². The van der Waals surface area contributed by atoms with Crippen LogP contribution in [0, 0.1) is 6.92 Å². The molecule has 106 valence electrons. The zero-order valence-electron chi connectivity index (χ0n) is 12.0. The summed E-state index contributed by atoms with van der Waals surface area (Å²) in [5.41, 5.74) is 2.59. The Balaban J connectivity index is 2.03. The molecule has 3 nitrogen and oxygen atoms in total. The van der Waals surface area contributed by atoms with Gasteiger partial charge in [0.2, 0.25) is 0 Å². The Morgan fingerprint density at radius 3 is 2.40 bits per heavy atom. The molecule has 2 rings (SSSR count). The first-order valence-electron chi connectivity index (χ1n) is 7.04. The average molecular weight is 271 g/mol. The van der Waals surface area contributed by atoms with Crippen molar-refractivity contribution in [2.24, 2.45) is 0 Å². The van der Waals surface area contributed by atoms with Gasteiger partial charge >= 0.3 is 0 Å². The molecule has 20 heavy (non-hydrogen) atoms. The van der Waals surface area contributed by atoms with Gasteiger partial charge in [0.1, 0.15) is 11.9 Å². The first-order chi connectivity index (χ1) is 9.70. The Bertz CT molecular complexity index is 520. The summed E-state index contributed by atoms with van der Waals surface area (Å²) in [7, 11) is 0. The van der Waals surface area contributed by atoms with E-state index in [1.165, 1.54) is 0 Å². The van der Waals surface area contributed by atoms with E-state index < -0.39 is 6.10 Å². The number of unbranched alkanes of at least 4 members (excludes halogenated alkanes) is 1. The Morgan fingerprint density at radius 1 is 1.10 bits per heavy atom. The van der Waals surface area contributed by atoms with Crippen molar-refractivity contribution in [2.45, 2.75) is 32.8 Å². The number of nitrogens with zero attached hydrogens (tertiary/aromatic N) is 1. The highest BCUT2D eigenvalue weighted by molar-refractivity contribution is 5.33. The van der Waals surface area contributed by atoms with Crippen LogP contribution in [0.25, 0.3) is 0 Å². The van der Waals surface area contributed by atoms with Gasteiger partial charge in [-0.15, -0.1) is 0 Å². The molecular weight excluding hydrogens is 250 g/mol. The van der Waals surface area contributed by atoms with Gasteiger partial charge in [-0.25, -0.2) is 0 Å². The van der Waals surface area contributed by atoms with Crippen LogP contribution in [0.15, 0.2) is 42.6 Å². The highest BCUT2D eigenvalue weighted by atomic mass is 16.5. The Morgan fingerprint density at radius 2 is 1.80 bits per heavy atom. The lowest BCUT2D eigenvalue weighted by Gasteiger charge is -2.12. The maximum absolute atomic E-state index is 10.3. The number of hydrogen-bond acceptors (Lipinski definition) is 3. The predicted octanol–water partition coefficient (Wildman–Crippen LogP) is 3.65. The van der Waals surface area contributed by atoms with Gasteiger partial charge in [0.25, 0.3) is 0 Å². The van der Waals surface area contributed by atoms with E-state index in [0.717, 1.165) is 42.0 Å². The van der Waals surface area contributed by atoms with E-state index in [2.05, 4.69) is 11.9 Å². The van der Waals surface area contributed by atoms with Gasteiger partial charge in [-0.3, -0.25) is 4.98 Å². The van der Waals surface area contributed by atoms with E-state index in [1.807, 2.05) is 43.3 Å². The van der Waals surface area contributed by atoms with E-state index in [4.69, 9.17) is 4.74 Å². The highest BCUT2D eigenvalue weighted by Crippen LogP contribution is 2.23. The van der Waals surface area contributed by atoms with Crippen molar-refractivity contribution in [1.29, 1.82) is 0 Å². The molecule has 0 saturated carbocycles. The summed E-state index contributed by atoms with van der Waals surface area (Å²) < 4.78 is 5.61. The van der Waals surface area contributed by atoms with Crippen LogP contribution < -0.4 is 4.74 Å². The second-order valence-electron chi connectivity index (χ2n) is 4.91. The molecule has 1 unspecified atom stereocenters. The molecule has 0 saturated heterocycles. The number of aliphatic hydroxyl groups excluding tert-OH is 1. The second-order valence-corrected chi connectivity index (χ2v) is 4.91. The molecule has 0 amide bonds. The van der Waals surface area contributed by atoms with Gasteiger partial charge < -0.3 is 9.84 Å². The van der Waals surface area contributed by atoms with Gasteiger partial charge in [-0.05, 0) is 37.1 Å². The predicted molar refractivity (Wildman–Crippen MR) is 79.9 cm³/mol. The number of aromatic nitrogens is 1. The van der Waals surface area contributed by atoms with Crippen LogP contribution in [-0.2, 0) is 0 Å². The van der Waals surface area contributed by atoms with Gasteiger partial charge in [-0.1, -0.05) is 31.5 Å². The molecule has 1 atom stereocenters. The van der Waals surface area contributed by atoms with Gasteiger partial charge in [-0.2, -0.15) is 0 Å². The maximum Gasteiger partial charge on any atom is 0.119 e. The lowest BCUT2D eigenvalue weighted by Crippen LogP contribution is -2.01. The molecule has 1 aromatic carbocycles. The summed E-state index contributed by atoms with van der Waals surface area (Å²) in [6.45, 7) is 4.80. The smallest absolute Gasteiger partial charge is 0.119 e. The van der Waals surface area contributed by atoms with Crippen LogP contribution in [0.4, 0.5) is 0 Å². The van der Waals surface area contributed by atoms with Crippen molar-refractivity contribution in [2.75, 3.05) is 6.61 Å². The van der Waals surface area contributed by atoms with E-state index in [1.54, 1.807) is 6.20 Å². The molecule has 1 heterocycles. The van der Waals surface area contributed by atoms with Crippen LogP contribution in [0.5, 0.6) is 5.75 Å². The number of hydrogen-bond donors (Lipinski definition) is 1. The first-order valence-corrected chi connectivity index (χ1v) is 7.04. The number of benzene rings is 1. The highest BCUT2D eigenvalue weighted by Gasteiger charge is 2.10. The monoisotopic (exact) mass is 271 g/mol. The van der Waals surface area contributed by atoms with E-state index in [0.29, 0.717) is 0 Å². The number of ether oxygens (including phenoxy) is 1. The summed E-state index contributed by atoms with van der Waals surface area (Å²) in [5, 5.41) is 10.3. The third-order valence-electron chi connectivity index (χ3n) is 3.21. The van der Waals surface area contributed by atoms with Crippen molar-refractivity contribution in [3.8, 4) is 5.75 Å². The molecule has 0 aliphatic rings. The van der Waals surface area contributed by atoms with E-state index in [9.17, 15) is 5.11 Å². The van der Waals surface area contributed by atoms with Crippen molar-refractivity contribution in [3.63, 3.8) is 0 Å². The van der Waals surface area contributed by atoms with Crippen molar-refractivity contribution in [1.82, 2.24) is 4.98 Å². The zero-order chi connectivity index (χ0) is 14.4. The van der Waals surface area contributed by atoms with Crippen molar-refractivity contribution >= 4 is 0 Å². The molecular formula is C17H21NO2. The van der Waals surface area contributed by atoms with Crippen LogP contribution in [-0.4, -0.2) is 16.7 Å². The molecule has 0 radical (unpaired) electrons. The Labute approximate surface area is 120 Å². The fraction of sp³-hybridized carbons (Fsp3) is 0.353. The minimum Gasteiger partial charge on any atom is -0.494 e. The van der Waals surface area contributed by atoms with Gasteiger partial charge in [0, 0.05) is 17.5 Å². The first kappa shape index (κ1) is 14.5. The minimum atomic E-state index is -0.646. The molecule has 1 aromatic heterocycles. The number of aryl methyl sites for hydroxylation is 1. The lowest BCUT2D eigenvalue weighted by atomic mass is 10.0. The molecule has 0 bridgehead atoms. The van der Waals surface area contributed by atoms with Gasteiger partial charge in [0.15, 0.2) is 0 Å². The quantitative estimate of drug-likeness (QED) is 0.815. The maximum atomic E-state index is 10.3. The number of rotatable bonds is 6. The molecule has 3 heteroatoms. The SMILES string of the molecule is CCCCOc1ccc(C(O)c2ccc(C)nc2)cc1. The Hall–Kier alpha value is -1.87. The fourth-order valence-corrected chi connectivity index (χ4v) is 1.91. The van der Waals surface area contributed by atoms with E-state index >= 15 is 0 Å². The molecule has 0 fully saturated rings. The third kappa shape index (κ3) is 3.81. The summed E-state index contributed by atoms with van der Waals surface area (Å²) in [5.74, 6) is 0.844. The Kier molecular flexibility index (Phi) is 5.13. The number of aliphatic hydroxyl groups is 1. The second kappa shape index (κ2) is 7.06. The summed E-state index contributed by atoms with van der Waals surface area (Å²) in [6, 6.07) is 11.4. The molecule has 0 aliphatic heterocycles. The van der Waals surface area contributed by atoms with Crippen LogP contribution >= 0.6 is 0 Å². The van der Waals surface area contributed by atoms with Crippen LogP contribution in [0.1, 0.15) is 42.7 Å². The lowest BCUT2D eigenvalue weighted by molar-refractivity contribution is 0.219.